The van der Waals surface area contributed by atoms with Crippen molar-refractivity contribution in [1.82, 2.24) is 0 Å². The van der Waals surface area contributed by atoms with Crippen molar-refractivity contribution in [1.29, 1.82) is 0 Å². The van der Waals surface area contributed by atoms with Crippen molar-refractivity contribution in [2.24, 2.45) is 0 Å². The third-order valence-corrected chi connectivity index (χ3v) is 3.79. The van der Waals surface area contributed by atoms with Gasteiger partial charge in [-0.15, -0.1) is 0 Å². The van der Waals surface area contributed by atoms with Crippen molar-refractivity contribution in [3.8, 4) is 0 Å². The number of rotatable bonds is 5. The highest BCUT2D eigenvalue weighted by atomic mass is 16.5. The fourth-order valence-corrected chi connectivity index (χ4v) is 2.56. The first-order chi connectivity index (χ1) is 10.8. The van der Waals surface area contributed by atoms with Gasteiger partial charge in [-0.2, -0.15) is 0 Å². The molecule has 3 rings (SSSR count). The van der Waals surface area contributed by atoms with Gasteiger partial charge in [0, 0.05) is 12.0 Å². The molecule has 2 heteroatoms. The standard InChI is InChI=1S/C20H18O2/c21-19(18-12-6-2-7-13-18)20(14-8-3-9-15-20)22-16-17-10-4-1-5-11-17/h1-14H,15-16H2. The van der Waals surface area contributed by atoms with Gasteiger partial charge in [0.15, 0.2) is 11.4 Å². The lowest BCUT2D eigenvalue weighted by atomic mass is 9.86. The molecule has 0 radical (unpaired) electrons. The van der Waals surface area contributed by atoms with Gasteiger partial charge in [0.1, 0.15) is 0 Å². The molecule has 2 aromatic carbocycles. The second-order valence-electron chi connectivity index (χ2n) is 5.35. The number of allylic oxidation sites excluding steroid dienone is 2. The maximum atomic E-state index is 12.9. The van der Waals surface area contributed by atoms with Crippen LogP contribution in [-0.4, -0.2) is 11.4 Å². The van der Waals surface area contributed by atoms with E-state index in [4.69, 9.17) is 4.74 Å². The number of ketones is 1. The Bertz CT molecular complexity index is 686. The van der Waals surface area contributed by atoms with E-state index in [1.165, 1.54) is 0 Å². The lowest BCUT2D eigenvalue weighted by Crippen LogP contribution is -2.40. The van der Waals surface area contributed by atoms with E-state index in [2.05, 4.69) is 0 Å². The minimum atomic E-state index is -0.911. The van der Waals surface area contributed by atoms with Crippen molar-refractivity contribution >= 4 is 5.78 Å². The molecule has 2 aromatic rings. The summed E-state index contributed by atoms with van der Waals surface area (Å²) in [5.74, 6) is 0.00429. The normalized spacial score (nSPS) is 20.0. The summed E-state index contributed by atoms with van der Waals surface area (Å²) in [6, 6.07) is 19.3. The molecule has 1 aliphatic carbocycles. The van der Waals surface area contributed by atoms with Crippen LogP contribution < -0.4 is 0 Å². The molecule has 1 aliphatic rings. The molecule has 0 spiro atoms. The van der Waals surface area contributed by atoms with Gasteiger partial charge in [-0.3, -0.25) is 4.79 Å². The predicted octanol–water partition coefficient (Wildman–Crippen LogP) is 4.34. The fraction of sp³-hybridized carbons (Fsp3) is 0.150. The Morgan fingerprint density at radius 2 is 1.64 bits per heavy atom. The molecule has 0 saturated carbocycles. The number of hydrogen-bond donors (Lipinski definition) is 0. The lowest BCUT2D eigenvalue weighted by Gasteiger charge is -2.30. The molecule has 1 atom stereocenters. The minimum absolute atomic E-state index is 0.00429. The van der Waals surface area contributed by atoms with Crippen LogP contribution in [0.1, 0.15) is 22.3 Å². The number of carbonyl (C=O) groups excluding carboxylic acids is 1. The third-order valence-electron chi connectivity index (χ3n) is 3.79. The van der Waals surface area contributed by atoms with Crippen LogP contribution in [-0.2, 0) is 11.3 Å². The highest BCUT2D eigenvalue weighted by molar-refractivity contribution is 6.04. The topological polar surface area (TPSA) is 26.3 Å². The van der Waals surface area contributed by atoms with E-state index < -0.39 is 5.60 Å². The van der Waals surface area contributed by atoms with E-state index in [0.29, 0.717) is 18.6 Å². The molecule has 0 aliphatic heterocycles. The van der Waals surface area contributed by atoms with Crippen molar-refractivity contribution in [3.05, 3.63) is 96.1 Å². The molecule has 0 heterocycles. The van der Waals surface area contributed by atoms with Crippen LogP contribution >= 0.6 is 0 Å². The molecule has 0 saturated heterocycles. The lowest BCUT2D eigenvalue weighted by molar-refractivity contribution is -0.00609. The van der Waals surface area contributed by atoms with E-state index in [1.54, 1.807) is 0 Å². The summed E-state index contributed by atoms with van der Waals surface area (Å²) in [6.45, 7) is 0.414. The maximum absolute atomic E-state index is 12.9. The molecule has 2 nitrogen and oxygen atoms in total. The Hall–Kier alpha value is -2.45. The molecule has 110 valence electrons. The van der Waals surface area contributed by atoms with Crippen molar-refractivity contribution in [3.63, 3.8) is 0 Å². The molecule has 0 amide bonds. The molecule has 0 fully saturated rings. The summed E-state index contributed by atoms with van der Waals surface area (Å²) in [5, 5.41) is 0. The van der Waals surface area contributed by atoms with E-state index in [9.17, 15) is 4.79 Å². The first-order valence-electron chi connectivity index (χ1n) is 7.42. The van der Waals surface area contributed by atoms with Crippen molar-refractivity contribution in [2.75, 3.05) is 0 Å². The quantitative estimate of drug-likeness (QED) is 0.766. The predicted molar refractivity (Wildman–Crippen MR) is 87.6 cm³/mol. The Morgan fingerprint density at radius 1 is 0.955 bits per heavy atom. The monoisotopic (exact) mass is 290 g/mol. The average molecular weight is 290 g/mol. The molecule has 0 aromatic heterocycles. The zero-order chi connectivity index (χ0) is 15.3. The Morgan fingerprint density at radius 3 is 2.27 bits per heavy atom. The zero-order valence-electron chi connectivity index (χ0n) is 12.3. The van der Waals surface area contributed by atoms with E-state index in [1.807, 2.05) is 85.0 Å². The van der Waals surface area contributed by atoms with Gasteiger partial charge in [-0.25, -0.2) is 0 Å². The number of carbonyl (C=O) groups is 1. The molecular weight excluding hydrogens is 272 g/mol. The Balaban J connectivity index is 1.84. The summed E-state index contributed by atoms with van der Waals surface area (Å²) in [7, 11) is 0. The number of ether oxygens (including phenoxy) is 1. The van der Waals surface area contributed by atoms with E-state index in [-0.39, 0.29) is 5.78 Å². The summed E-state index contributed by atoms with van der Waals surface area (Å²) >= 11 is 0. The minimum Gasteiger partial charge on any atom is -0.358 e. The van der Waals surface area contributed by atoms with Crippen LogP contribution in [0.25, 0.3) is 0 Å². The van der Waals surface area contributed by atoms with E-state index in [0.717, 1.165) is 5.56 Å². The number of hydrogen-bond acceptors (Lipinski definition) is 2. The zero-order valence-corrected chi connectivity index (χ0v) is 12.3. The van der Waals surface area contributed by atoms with Gasteiger partial charge >= 0.3 is 0 Å². The molecular formula is C20H18O2. The van der Waals surface area contributed by atoms with E-state index >= 15 is 0 Å². The Labute approximate surface area is 130 Å². The van der Waals surface area contributed by atoms with Crippen molar-refractivity contribution < 1.29 is 9.53 Å². The van der Waals surface area contributed by atoms with Crippen LogP contribution in [0.3, 0.4) is 0 Å². The summed E-state index contributed by atoms with van der Waals surface area (Å²) in [6.07, 6.45) is 8.24. The van der Waals surface area contributed by atoms with Crippen LogP contribution in [0.2, 0.25) is 0 Å². The van der Waals surface area contributed by atoms with Gasteiger partial charge in [0.25, 0.3) is 0 Å². The second kappa shape index (κ2) is 6.54. The average Bonchev–Trinajstić information content (AvgIpc) is 2.62. The molecule has 0 bridgehead atoms. The summed E-state index contributed by atoms with van der Waals surface area (Å²) in [5.41, 5.74) is 0.826. The van der Waals surface area contributed by atoms with Gasteiger partial charge in [-0.1, -0.05) is 78.9 Å². The number of benzene rings is 2. The largest absolute Gasteiger partial charge is 0.358 e. The van der Waals surface area contributed by atoms with Crippen LogP contribution in [0.4, 0.5) is 0 Å². The Kier molecular flexibility index (Phi) is 4.31. The van der Waals surface area contributed by atoms with Gasteiger partial charge in [0.2, 0.25) is 0 Å². The molecule has 0 N–H and O–H groups in total. The molecule has 22 heavy (non-hydrogen) atoms. The fourth-order valence-electron chi connectivity index (χ4n) is 2.56. The first-order valence-corrected chi connectivity index (χ1v) is 7.42. The number of Topliss-reactive ketones (excluding diaryl/α,β-unsaturated/α-hetero) is 1. The highest BCUT2D eigenvalue weighted by Gasteiger charge is 2.37. The maximum Gasteiger partial charge on any atom is 0.198 e. The second-order valence-corrected chi connectivity index (χ2v) is 5.35. The van der Waals surface area contributed by atoms with Crippen LogP contribution in [0.5, 0.6) is 0 Å². The SMILES string of the molecule is O=C(c1ccccc1)C1(OCc2ccccc2)C=CC=CC1. The third kappa shape index (κ3) is 3.07. The highest BCUT2D eigenvalue weighted by Crippen LogP contribution is 2.28. The first kappa shape index (κ1) is 14.5. The summed E-state index contributed by atoms with van der Waals surface area (Å²) in [4.78, 5) is 12.9. The molecule has 1 unspecified atom stereocenters. The van der Waals surface area contributed by atoms with Crippen LogP contribution in [0.15, 0.2) is 85.0 Å². The van der Waals surface area contributed by atoms with Gasteiger partial charge in [0.05, 0.1) is 6.61 Å². The van der Waals surface area contributed by atoms with Crippen LogP contribution in [0, 0.1) is 0 Å². The van der Waals surface area contributed by atoms with Crippen molar-refractivity contribution in [2.45, 2.75) is 18.6 Å². The van der Waals surface area contributed by atoms with Gasteiger partial charge in [-0.05, 0) is 11.6 Å². The van der Waals surface area contributed by atoms with Gasteiger partial charge < -0.3 is 4.74 Å². The summed E-state index contributed by atoms with van der Waals surface area (Å²) < 4.78 is 6.09. The smallest absolute Gasteiger partial charge is 0.198 e.